The highest BCUT2D eigenvalue weighted by atomic mass is 15.1. The SMILES string of the molecule is c1ccc(-n2c3ccccc3c3cc4cc5c(cc4cc32)c2ccccc2n5-c2ccc(-c3ccncc3)cn2)cc1. The average molecular weight is 537 g/mol. The fourth-order valence-electron chi connectivity index (χ4n) is 6.51. The standard InChI is InChI=1S/C38H24N4/c1-2-8-29(9-3-1)41-34-12-6-4-10-30(34)32-20-28-23-37-33(21-27(28)22-36(32)41)31-11-5-7-13-35(31)42(37)38-15-14-26(24-40-38)25-16-18-39-19-17-25/h1-24H. The van der Waals surface area contributed by atoms with Crippen LogP contribution in [0.2, 0.25) is 0 Å². The third kappa shape index (κ3) is 3.36. The molecule has 0 bridgehead atoms. The van der Waals surface area contributed by atoms with Gasteiger partial charge in [-0.1, -0.05) is 54.6 Å². The predicted octanol–water partition coefficient (Wildman–Crippen LogP) is 9.49. The van der Waals surface area contributed by atoms with E-state index in [1.807, 2.05) is 30.7 Å². The van der Waals surface area contributed by atoms with Crippen molar-refractivity contribution in [1.29, 1.82) is 0 Å². The number of pyridine rings is 2. The van der Waals surface area contributed by atoms with Gasteiger partial charge in [0.05, 0.1) is 22.1 Å². The third-order valence-electron chi connectivity index (χ3n) is 8.43. The second kappa shape index (κ2) is 8.88. The van der Waals surface area contributed by atoms with Gasteiger partial charge in [-0.25, -0.2) is 4.98 Å². The molecule has 0 aliphatic carbocycles. The molecule has 5 aromatic carbocycles. The zero-order valence-electron chi connectivity index (χ0n) is 22.6. The lowest BCUT2D eigenvalue weighted by molar-refractivity contribution is 1.08. The van der Waals surface area contributed by atoms with Crippen LogP contribution in [0.1, 0.15) is 0 Å². The number of hydrogen-bond acceptors (Lipinski definition) is 2. The van der Waals surface area contributed by atoms with E-state index in [1.54, 1.807) is 0 Å². The zero-order valence-corrected chi connectivity index (χ0v) is 22.6. The van der Waals surface area contributed by atoms with Crippen LogP contribution < -0.4 is 0 Å². The number of hydrogen-bond donors (Lipinski definition) is 0. The van der Waals surface area contributed by atoms with Crippen LogP contribution in [0.15, 0.2) is 146 Å². The van der Waals surface area contributed by atoms with E-state index < -0.39 is 0 Å². The topological polar surface area (TPSA) is 35.6 Å². The van der Waals surface area contributed by atoms with Crippen LogP contribution >= 0.6 is 0 Å². The second-order valence-corrected chi connectivity index (χ2v) is 10.8. The van der Waals surface area contributed by atoms with Crippen molar-refractivity contribution in [1.82, 2.24) is 19.1 Å². The molecule has 9 rings (SSSR count). The zero-order chi connectivity index (χ0) is 27.6. The highest BCUT2D eigenvalue weighted by Gasteiger charge is 2.17. The number of rotatable bonds is 3. The predicted molar refractivity (Wildman–Crippen MR) is 174 cm³/mol. The molecule has 0 atom stereocenters. The molecule has 196 valence electrons. The van der Waals surface area contributed by atoms with Crippen molar-refractivity contribution in [2.24, 2.45) is 0 Å². The van der Waals surface area contributed by atoms with Crippen LogP contribution in [0.25, 0.3) is 77.0 Å². The Kier molecular flexibility index (Phi) is 4.87. The molecule has 0 saturated heterocycles. The fourth-order valence-corrected chi connectivity index (χ4v) is 6.51. The maximum atomic E-state index is 4.94. The normalized spacial score (nSPS) is 11.8. The lowest BCUT2D eigenvalue weighted by atomic mass is 10.0. The molecule has 0 radical (unpaired) electrons. The highest BCUT2D eigenvalue weighted by molar-refractivity contribution is 6.18. The summed E-state index contributed by atoms with van der Waals surface area (Å²) in [5.74, 6) is 0.903. The Bertz CT molecular complexity index is 2430. The average Bonchev–Trinajstić information content (AvgIpc) is 3.55. The summed E-state index contributed by atoms with van der Waals surface area (Å²) in [6.45, 7) is 0. The molecule has 0 fully saturated rings. The molecular formula is C38H24N4. The summed E-state index contributed by atoms with van der Waals surface area (Å²) in [7, 11) is 0. The molecule has 0 amide bonds. The number of fused-ring (bicyclic) bond motifs is 7. The van der Waals surface area contributed by atoms with E-state index in [0.717, 1.165) is 28.0 Å². The van der Waals surface area contributed by atoms with E-state index in [2.05, 4.69) is 129 Å². The molecule has 4 aromatic heterocycles. The van der Waals surface area contributed by atoms with Gasteiger partial charge in [-0.2, -0.15) is 0 Å². The quantitative estimate of drug-likeness (QED) is 0.225. The summed E-state index contributed by atoms with van der Waals surface area (Å²) in [6, 6.07) is 45.6. The summed E-state index contributed by atoms with van der Waals surface area (Å²) in [6.07, 6.45) is 5.58. The van der Waals surface area contributed by atoms with Crippen molar-refractivity contribution in [3.63, 3.8) is 0 Å². The Hall–Kier alpha value is -5.74. The first-order valence-electron chi connectivity index (χ1n) is 14.2. The number of benzene rings is 5. The largest absolute Gasteiger partial charge is 0.309 e. The molecule has 4 heteroatoms. The Morgan fingerprint density at radius 2 is 1.02 bits per heavy atom. The van der Waals surface area contributed by atoms with Crippen LogP contribution in [0, 0.1) is 0 Å². The molecule has 42 heavy (non-hydrogen) atoms. The van der Waals surface area contributed by atoms with E-state index in [-0.39, 0.29) is 0 Å². The first-order chi connectivity index (χ1) is 20.8. The maximum Gasteiger partial charge on any atom is 0.137 e. The van der Waals surface area contributed by atoms with Gasteiger partial charge in [-0.15, -0.1) is 0 Å². The molecule has 4 nitrogen and oxygen atoms in total. The fraction of sp³-hybridized carbons (Fsp3) is 0. The van der Waals surface area contributed by atoms with Gasteiger partial charge < -0.3 is 4.57 Å². The summed E-state index contributed by atoms with van der Waals surface area (Å²) < 4.78 is 4.67. The van der Waals surface area contributed by atoms with E-state index in [9.17, 15) is 0 Å². The van der Waals surface area contributed by atoms with E-state index >= 15 is 0 Å². The first-order valence-corrected chi connectivity index (χ1v) is 14.2. The van der Waals surface area contributed by atoms with Gasteiger partial charge in [-0.3, -0.25) is 9.55 Å². The summed E-state index contributed by atoms with van der Waals surface area (Å²) >= 11 is 0. The Balaban J connectivity index is 1.32. The Morgan fingerprint density at radius 3 is 1.67 bits per heavy atom. The lowest BCUT2D eigenvalue weighted by Crippen LogP contribution is -1.97. The van der Waals surface area contributed by atoms with Crippen LogP contribution in [-0.4, -0.2) is 19.1 Å². The van der Waals surface area contributed by atoms with Gasteiger partial charge in [-0.05, 0) is 89.1 Å². The van der Waals surface area contributed by atoms with Crippen molar-refractivity contribution < 1.29 is 0 Å². The van der Waals surface area contributed by atoms with Gasteiger partial charge in [0.1, 0.15) is 5.82 Å². The number of aromatic nitrogens is 4. The van der Waals surface area contributed by atoms with Crippen molar-refractivity contribution in [3.8, 4) is 22.6 Å². The van der Waals surface area contributed by atoms with Crippen LogP contribution in [0.3, 0.4) is 0 Å². The molecule has 0 saturated carbocycles. The Morgan fingerprint density at radius 1 is 0.429 bits per heavy atom. The van der Waals surface area contributed by atoms with Gasteiger partial charge >= 0.3 is 0 Å². The summed E-state index contributed by atoms with van der Waals surface area (Å²) in [4.78, 5) is 9.09. The van der Waals surface area contributed by atoms with Gasteiger partial charge in [0.2, 0.25) is 0 Å². The number of para-hydroxylation sites is 3. The van der Waals surface area contributed by atoms with Crippen LogP contribution in [0.4, 0.5) is 0 Å². The van der Waals surface area contributed by atoms with E-state index in [0.29, 0.717) is 0 Å². The highest BCUT2D eigenvalue weighted by Crippen LogP contribution is 2.39. The Labute approximate surface area is 241 Å². The molecule has 0 spiro atoms. The smallest absolute Gasteiger partial charge is 0.137 e. The molecule has 0 aliphatic heterocycles. The van der Waals surface area contributed by atoms with Gasteiger partial charge in [0.25, 0.3) is 0 Å². The summed E-state index contributed by atoms with van der Waals surface area (Å²) in [5.41, 5.74) is 8.08. The van der Waals surface area contributed by atoms with Crippen molar-refractivity contribution in [2.75, 3.05) is 0 Å². The molecule has 0 unspecified atom stereocenters. The molecule has 0 aliphatic rings. The molecule has 0 N–H and O–H groups in total. The third-order valence-corrected chi connectivity index (χ3v) is 8.43. The van der Waals surface area contributed by atoms with E-state index in [4.69, 9.17) is 4.98 Å². The van der Waals surface area contributed by atoms with Crippen LogP contribution in [-0.2, 0) is 0 Å². The monoisotopic (exact) mass is 536 g/mol. The number of nitrogens with zero attached hydrogens (tertiary/aromatic N) is 4. The minimum absolute atomic E-state index is 0.903. The van der Waals surface area contributed by atoms with Crippen molar-refractivity contribution >= 4 is 54.4 Å². The maximum absolute atomic E-state index is 4.94. The minimum atomic E-state index is 0.903. The minimum Gasteiger partial charge on any atom is -0.309 e. The lowest BCUT2D eigenvalue weighted by Gasteiger charge is -2.10. The van der Waals surface area contributed by atoms with Crippen molar-refractivity contribution in [2.45, 2.75) is 0 Å². The van der Waals surface area contributed by atoms with Gasteiger partial charge in [0.15, 0.2) is 0 Å². The van der Waals surface area contributed by atoms with Crippen LogP contribution in [0.5, 0.6) is 0 Å². The molecule has 4 heterocycles. The van der Waals surface area contributed by atoms with E-state index in [1.165, 1.54) is 49.0 Å². The summed E-state index contributed by atoms with van der Waals surface area (Å²) in [5, 5.41) is 7.39. The molecule has 9 aromatic rings. The first kappa shape index (κ1) is 23.0. The molecular weight excluding hydrogens is 512 g/mol. The van der Waals surface area contributed by atoms with Gasteiger partial charge in [0, 0.05) is 51.4 Å². The van der Waals surface area contributed by atoms with Crippen molar-refractivity contribution in [3.05, 3.63) is 146 Å². The second-order valence-electron chi connectivity index (χ2n) is 10.8.